The van der Waals surface area contributed by atoms with Gasteiger partial charge in [-0.3, -0.25) is 4.79 Å². The molecule has 2 aromatic rings. The molecule has 0 spiro atoms. The zero-order chi connectivity index (χ0) is 11.4. The molecule has 5 heteroatoms. The van der Waals surface area contributed by atoms with E-state index in [1.807, 2.05) is 0 Å². The van der Waals surface area contributed by atoms with Crippen LogP contribution >= 0.6 is 15.9 Å². The van der Waals surface area contributed by atoms with Crippen LogP contribution in [0.3, 0.4) is 0 Å². The van der Waals surface area contributed by atoms with Crippen molar-refractivity contribution < 1.29 is 9.21 Å². The molecular formula is C11H9BrN2O2. The van der Waals surface area contributed by atoms with Gasteiger partial charge < -0.3 is 9.73 Å². The van der Waals surface area contributed by atoms with Crippen molar-refractivity contribution in [3.63, 3.8) is 0 Å². The summed E-state index contributed by atoms with van der Waals surface area (Å²) < 4.78 is 5.64. The highest BCUT2D eigenvalue weighted by molar-refractivity contribution is 9.10. The van der Waals surface area contributed by atoms with Crippen LogP contribution in [0.1, 0.15) is 16.1 Å². The molecule has 0 bridgehead atoms. The van der Waals surface area contributed by atoms with E-state index in [9.17, 15) is 4.79 Å². The molecule has 0 aliphatic rings. The Hall–Kier alpha value is -1.62. The van der Waals surface area contributed by atoms with Crippen molar-refractivity contribution in [1.82, 2.24) is 10.3 Å². The summed E-state index contributed by atoms with van der Waals surface area (Å²) >= 11 is 3.22. The first-order valence-electron chi connectivity index (χ1n) is 4.68. The summed E-state index contributed by atoms with van der Waals surface area (Å²) in [6.07, 6.45) is 3.19. The van der Waals surface area contributed by atoms with Crippen molar-refractivity contribution in [3.8, 4) is 0 Å². The molecule has 0 atom stereocenters. The molecule has 0 fully saturated rings. The number of carbonyl (C=O) groups excluding carboxylic acids is 1. The van der Waals surface area contributed by atoms with Crippen LogP contribution in [0.2, 0.25) is 0 Å². The summed E-state index contributed by atoms with van der Waals surface area (Å²) in [4.78, 5) is 15.7. The van der Waals surface area contributed by atoms with Gasteiger partial charge in [0.1, 0.15) is 10.4 Å². The van der Waals surface area contributed by atoms with Crippen molar-refractivity contribution in [2.75, 3.05) is 0 Å². The zero-order valence-corrected chi connectivity index (χ0v) is 9.90. The summed E-state index contributed by atoms with van der Waals surface area (Å²) in [5.41, 5.74) is 0.508. The lowest BCUT2D eigenvalue weighted by molar-refractivity contribution is 0.0947. The first kappa shape index (κ1) is 10.9. The smallest absolute Gasteiger partial charge is 0.254 e. The number of pyridine rings is 1. The SMILES string of the molecule is O=C(NCc1ccco1)c1cccnc1Br. The van der Waals surface area contributed by atoms with Gasteiger partial charge in [-0.1, -0.05) is 0 Å². The maximum absolute atomic E-state index is 11.7. The van der Waals surface area contributed by atoms with Gasteiger partial charge in [0.15, 0.2) is 0 Å². The van der Waals surface area contributed by atoms with Crippen LogP contribution in [0.25, 0.3) is 0 Å². The Balaban J connectivity index is 2.01. The maximum Gasteiger partial charge on any atom is 0.254 e. The molecule has 4 nitrogen and oxygen atoms in total. The predicted molar refractivity (Wildman–Crippen MR) is 61.8 cm³/mol. The number of hydrogen-bond acceptors (Lipinski definition) is 3. The summed E-state index contributed by atoms with van der Waals surface area (Å²) in [5.74, 6) is 0.532. The molecule has 0 saturated carbocycles. The molecule has 0 saturated heterocycles. The molecular weight excluding hydrogens is 272 g/mol. The highest BCUT2D eigenvalue weighted by Gasteiger charge is 2.09. The van der Waals surface area contributed by atoms with Crippen LogP contribution < -0.4 is 5.32 Å². The molecule has 0 aliphatic heterocycles. The number of hydrogen-bond donors (Lipinski definition) is 1. The largest absolute Gasteiger partial charge is 0.467 e. The van der Waals surface area contributed by atoms with E-state index < -0.39 is 0 Å². The fraction of sp³-hybridized carbons (Fsp3) is 0.0909. The van der Waals surface area contributed by atoms with Gasteiger partial charge in [-0.05, 0) is 40.2 Å². The van der Waals surface area contributed by atoms with Crippen LogP contribution in [0.5, 0.6) is 0 Å². The second-order valence-corrected chi connectivity index (χ2v) is 3.85. The second kappa shape index (κ2) is 4.94. The monoisotopic (exact) mass is 280 g/mol. The van der Waals surface area contributed by atoms with Gasteiger partial charge in [-0.2, -0.15) is 0 Å². The molecule has 0 aromatic carbocycles. The molecule has 0 unspecified atom stereocenters. The second-order valence-electron chi connectivity index (χ2n) is 3.10. The number of halogens is 1. The van der Waals surface area contributed by atoms with Crippen molar-refractivity contribution in [3.05, 3.63) is 52.7 Å². The number of furan rings is 1. The molecule has 0 radical (unpaired) electrons. The molecule has 2 aromatic heterocycles. The average molecular weight is 281 g/mol. The highest BCUT2D eigenvalue weighted by Crippen LogP contribution is 2.12. The molecule has 82 valence electrons. The van der Waals surface area contributed by atoms with Crippen LogP contribution in [-0.2, 0) is 6.54 Å². The summed E-state index contributed by atoms with van der Waals surface area (Å²) in [5, 5.41) is 2.74. The summed E-state index contributed by atoms with van der Waals surface area (Å²) in [7, 11) is 0. The number of nitrogens with zero attached hydrogens (tertiary/aromatic N) is 1. The zero-order valence-electron chi connectivity index (χ0n) is 8.31. The Morgan fingerprint density at radius 1 is 1.44 bits per heavy atom. The van der Waals surface area contributed by atoms with Gasteiger partial charge in [0.2, 0.25) is 0 Å². The molecule has 16 heavy (non-hydrogen) atoms. The average Bonchev–Trinajstić information content (AvgIpc) is 2.79. The van der Waals surface area contributed by atoms with Crippen molar-refractivity contribution in [2.24, 2.45) is 0 Å². The fourth-order valence-corrected chi connectivity index (χ4v) is 1.66. The highest BCUT2D eigenvalue weighted by atomic mass is 79.9. The number of carbonyl (C=O) groups is 1. The van der Waals surface area contributed by atoms with Crippen molar-refractivity contribution in [2.45, 2.75) is 6.54 Å². The maximum atomic E-state index is 11.7. The van der Waals surface area contributed by atoms with E-state index in [2.05, 4.69) is 26.2 Å². The van der Waals surface area contributed by atoms with Crippen LogP contribution in [0.4, 0.5) is 0 Å². The van der Waals surface area contributed by atoms with Gasteiger partial charge >= 0.3 is 0 Å². The Morgan fingerprint density at radius 2 is 2.31 bits per heavy atom. The van der Waals surface area contributed by atoms with E-state index in [1.54, 1.807) is 36.7 Å². The topological polar surface area (TPSA) is 55.1 Å². The summed E-state index contributed by atoms with van der Waals surface area (Å²) in [6, 6.07) is 7.00. The lowest BCUT2D eigenvalue weighted by Crippen LogP contribution is -2.23. The normalized spacial score (nSPS) is 10.1. The first-order chi connectivity index (χ1) is 7.77. The fourth-order valence-electron chi connectivity index (χ4n) is 1.23. The molecule has 0 aliphatic carbocycles. The quantitative estimate of drug-likeness (QED) is 0.879. The van der Waals surface area contributed by atoms with E-state index >= 15 is 0 Å². The number of rotatable bonds is 3. The lowest BCUT2D eigenvalue weighted by atomic mass is 10.2. The minimum absolute atomic E-state index is 0.184. The minimum Gasteiger partial charge on any atom is -0.467 e. The van der Waals surface area contributed by atoms with Crippen molar-refractivity contribution >= 4 is 21.8 Å². The summed E-state index contributed by atoms with van der Waals surface area (Å²) in [6.45, 7) is 0.368. The van der Waals surface area contributed by atoms with E-state index in [0.29, 0.717) is 22.5 Å². The third-order valence-corrected chi connectivity index (χ3v) is 2.64. The molecule has 2 heterocycles. The molecule has 2 rings (SSSR count). The Bertz CT molecular complexity index is 482. The van der Waals surface area contributed by atoms with Crippen LogP contribution in [-0.4, -0.2) is 10.9 Å². The Kier molecular flexibility index (Phi) is 3.36. The van der Waals surface area contributed by atoms with E-state index in [-0.39, 0.29) is 5.91 Å². The van der Waals surface area contributed by atoms with Gasteiger partial charge in [-0.15, -0.1) is 0 Å². The number of amides is 1. The van der Waals surface area contributed by atoms with Crippen molar-refractivity contribution in [1.29, 1.82) is 0 Å². The third kappa shape index (κ3) is 2.49. The van der Waals surface area contributed by atoms with Crippen LogP contribution in [0.15, 0.2) is 45.7 Å². The van der Waals surface area contributed by atoms with Gasteiger partial charge in [0.25, 0.3) is 5.91 Å². The van der Waals surface area contributed by atoms with Gasteiger partial charge in [-0.25, -0.2) is 4.98 Å². The Morgan fingerprint density at radius 3 is 3.00 bits per heavy atom. The number of nitrogens with one attached hydrogen (secondary N) is 1. The minimum atomic E-state index is -0.184. The van der Waals surface area contributed by atoms with E-state index in [4.69, 9.17) is 4.42 Å². The number of aromatic nitrogens is 1. The molecule has 1 N–H and O–H groups in total. The first-order valence-corrected chi connectivity index (χ1v) is 5.48. The van der Waals surface area contributed by atoms with E-state index in [1.165, 1.54) is 0 Å². The van der Waals surface area contributed by atoms with Crippen LogP contribution in [0, 0.1) is 0 Å². The molecule has 1 amide bonds. The predicted octanol–water partition coefficient (Wildman–Crippen LogP) is 2.37. The van der Waals surface area contributed by atoms with E-state index in [0.717, 1.165) is 0 Å². The lowest BCUT2D eigenvalue weighted by Gasteiger charge is -2.04. The standard InChI is InChI=1S/C11H9BrN2O2/c12-10-9(4-1-5-13-10)11(15)14-7-8-3-2-6-16-8/h1-6H,7H2,(H,14,15). The third-order valence-electron chi connectivity index (χ3n) is 2.01. The van der Waals surface area contributed by atoms with Gasteiger partial charge in [0.05, 0.1) is 18.4 Å². The Labute approximate surface area is 101 Å². The van der Waals surface area contributed by atoms with Gasteiger partial charge in [0, 0.05) is 6.20 Å².